The molecule has 1 aromatic rings. The minimum absolute atomic E-state index is 0.724. The Hall–Kier alpha value is -1.00. The number of amidine groups is 1. The van der Waals surface area contributed by atoms with Crippen molar-refractivity contribution in [3.63, 3.8) is 0 Å². The number of rotatable bonds is 3. The topological polar surface area (TPSA) is 50.4 Å². The molecule has 76 valence electrons. The lowest BCUT2D eigenvalue weighted by molar-refractivity contribution is 0.986. The highest BCUT2D eigenvalue weighted by Crippen LogP contribution is 2.19. The molecule has 0 spiro atoms. The van der Waals surface area contributed by atoms with Crippen molar-refractivity contribution >= 4 is 17.6 Å². The first-order chi connectivity index (χ1) is 6.83. The van der Waals surface area contributed by atoms with Crippen molar-refractivity contribution in [3.05, 3.63) is 29.8 Å². The molecule has 0 aromatic heterocycles. The molecule has 0 bridgehead atoms. The smallest absolute Gasteiger partial charge is 0.143 e. The molecule has 0 aliphatic carbocycles. The van der Waals surface area contributed by atoms with Crippen LogP contribution in [0.5, 0.6) is 0 Å². The number of nitrogens with zero attached hydrogens (tertiary/aromatic N) is 1. The van der Waals surface area contributed by atoms with Crippen LogP contribution in [0.15, 0.2) is 34.2 Å². The van der Waals surface area contributed by atoms with Crippen molar-refractivity contribution in [1.82, 2.24) is 5.43 Å². The third-order valence-corrected chi connectivity index (χ3v) is 2.61. The standard InChI is InChI=1S/C10H15N3S/c1-3-12-10(13-11)8-6-4-5-7-9(8)14-2/h4-7H,3,11H2,1-2H3,(H,12,13). The minimum Gasteiger partial charge on any atom is -0.308 e. The molecule has 0 heterocycles. The molecule has 3 nitrogen and oxygen atoms in total. The van der Waals surface area contributed by atoms with Crippen LogP contribution in [0.4, 0.5) is 0 Å². The lowest BCUT2D eigenvalue weighted by Gasteiger charge is -2.09. The molecule has 14 heavy (non-hydrogen) atoms. The molecule has 0 saturated carbocycles. The summed E-state index contributed by atoms with van der Waals surface area (Å²) in [5.74, 6) is 6.17. The molecular formula is C10H15N3S. The van der Waals surface area contributed by atoms with E-state index in [9.17, 15) is 0 Å². The largest absolute Gasteiger partial charge is 0.308 e. The van der Waals surface area contributed by atoms with Gasteiger partial charge in [0.25, 0.3) is 0 Å². The molecule has 0 saturated heterocycles. The van der Waals surface area contributed by atoms with Crippen molar-refractivity contribution in [3.8, 4) is 0 Å². The third kappa shape index (κ3) is 2.49. The maximum absolute atomic E-state index is 5.42. The number of hydrazine groups is 1. The van der Waals surface area contributed by atoms with E-state index in [4.69, 9.17) is 5.84 Å². The van der Waals surface area contributed by atoms with E-state index in [-0.39, 0.29) is 0 Å². The van der Waals surface area contributed by atoms with Gasteiger partial charge in [-0.05, 0) is 19.2 Å². The van der Waals surface area contributed by atoms with E-state index in [0.717, 1.165) is 17.9 Å². The van der Waals surface area contributed by atoms with Crippen LogP contribution in [0.1, 0.15) is 12.5 Å². The maximum atomic E-state index is 5.42. The fraction of sp³-hybridized carbons (Fsp3) is 0.300. The molecule has 0 fully saturated rings. The number of hydrogen-bond acceptors (Lipinski definition) is 3. The average Bonchev–Trinajstić information content (AvgIpc) is 2.26. The average molecular weight is 209 g/mol. The number of aliphatic imine (C=N–C) groups is 1. The Balaban J connectivity index is 3.09. The van der Waals surface area contributed by atoms with Gasteiger partial charge in [-0.1, -0.05) is 18.2 Å². The summed E-state index contributed by atoms with van der Waals surface area (Å²) in [5, 5.41) is 0. The van der Waals surface area contributed by atoms with Crippen LogP contribution in [0.2, 0.25) is 0 Å². The van der Waals surface area contributed by atoms with Gasteiger partial charge in [-0.15, -0.1) is 11.8 Å². The van der Waals surface area contributed by atoms with E-state index in [0.29, 0.717) is 0 Å². The van der Waals surface area contributed by atoms with Crippen LogP contribution >= 0.6 is 11.8 Å². The van der Waals surface area contributed by atoms with Gasteiger partial charge >= 0.3 is 0 Å². The fourth-order valence-electron chi connectivity index (χ4n) is 1.21. The summed E-state index contributed by atoms with van der Waals surface area (Å²) in [6.45, 7) is 2.71. The number of nitrogens with two attached hydrogens (primary N) is 1. The number of thioether (sulfide) groups is 1. The van der Waals surface area contributed by atoms with Crippen molar-refractivity contribution in [2.24, 2.45) is 10.8 Å². The van der Waals surface area contributed by atoms with Crippen molar-refractivity contribution in [2.75, 3.05) is 12.8 Å². The second kappa shape index (κ2) is 5.67. The van der Waals surface area contributed by atoms with Gasteiger partial charge in [0, 0.05) is 17.0 Å². The molecule has 0 amide bonds. The zero-order valence-electron chi connectivity index (χ0n) is 8.45. The zero-order valence-corrected chi connectivity index (χ0v) is 9.27. The van der Waals surface area contributed by atoms with Gasteiger partial charge in [0.2, 0.25) is 0 Å². The number of benzene rings is 1. The minimum atomic E-state index is 0.724. The highest BCUT2D eigenvalue weighted by molar-refractivity contribution is 7.98. The van der Waals surface area contributed by atoms with Gasteiger partial charge in [-0.25, -0.2) is 5.84 Å². The summed E-state index contributed by atoms with van der Waals surface area (Å²) < 4.78 is 0. The van der Waals surface area contributed by atoms with E-state index in [1.165, 1.54) is 4.90 Å². The predicted molar refractivity (Wildman–Crippen MR) is 62.6 cm³/mol. The van der Waals surface area contributed by atoms with Gasteiger partial charge in [-0.3, -0.25) is 4.99 Å². The second-order valence-electron chi connectivity index (χ2n) is 2.67. The predicted octanol–water partition coefficient (Wildman–Crippen LogP) is 1.64. The van der Waals surface area contributed by atoms with Crippen LogP contribution in [0.25, 0.3) is 0 Å². The number of nitrogens with one attached hydrogen (secondary N) is 1. The third-order valence-electron chi connectivity index (χ3n) is 1.82. The lowest BCUT2D eigenvalue weighted by Crippen LogP contribution is -2.31. The van der Waals surface area contributed by atoms with Crippen LogP contribution in [0.3, 0.4) is 0 Å². The highest BCUT2D eigenvalue weighted by atomic mass is 32.2. The van der Waals surface area contributed by atoms with Gasteiger partial charge in [-0.2, -0.15) is 0 Å². The van der Waals surface area contributed by atoms with E-state index < -0.39 is 0 Å². The Morgan fingerprint density at radius 1 is 1.50 bits per heavy atom. The molecule has 0 aliphatic heterocycles. The number of hydrogen-bond donors (Lipinski definition) is 2. The van der Waals surface area contributed by atoms with Crippen LogP contribution in [0, 0.1) is 0 Å². The lowest BCUT2D eigenvalue weighted by atomic mass is 10.2. The Morgan fingerprint density at radius 3 is 2.79 bits per heavy atom. The first-order valence-corrected chi connectivity index (χ1v) is 5.70. The monoisotopic (exact) mass is 209 g/mol. The fourth-order valence-corrected chi connectivity index (χ4v) is 1.81. The van der Waals surface area contributed by atoms with Crippen LogP contribution < -0.4 is 11.3 Å². The quantitative estimate of drug-likeness (QED) is 0.261. The Labute approximate surface area is 88.8 Å². The Kier molecular flexibility index (Phi) is 4.49. The molecule has 0 atom stereocenters. The molecule has 0 aliphatic rings. The van der Waals surface area contributed by atoms with E-state index in [1.807, 2.05) is 31.4 Å². The summed E-state index contributed by atoms with van der Waals surface area (Å²) in [7, 11) is 0. The Morgan fingerprint density at radius 2 is 2.21 bits per heavy atom. The SMILES string of the molecule is CCN=C(NN)c1ccccc1SC. The molecule has 4 heteroatoms. The molecule has 0 unspecified atom stereocenters. The van der Waals surface area contributed by atoms with E-state index >= 15 is 0 Å². The molecule has 1 aromatic carbocycles. The van der Waals surface area contributed by atoms with E-state index in [1.54, 1.807) is 11.8 Å². The van der Waals surface area contributed by atoms with Gasteiger partial charge in [0.1, 0.15) is 5.84 Å². The summed E-state index contributed by atoms with van der Waals surface area (Å²) in [5.41, 5.74) is 3.69. The van der Waals surface area contributed by atoms with E-state index in [2.05, 4.69) is 16.5 Å². The van der Waals surface area contributed by atoms with Crippen LogP contribution in [-0.2, 0) is 0 Å². The Bertz CT molecular complexity index is 323. The first kappa shape index (κ1) is 11.1. The molecule has 3 N–H and O–H groups in total. The zero-order chi connectivity index (χ0) is 10.4. The van der Waals surface area contributed by atoms with Crippen molar-refractivity contribution in [1.29, 1.82) is 0 Å². The molecule has 1 rings (SSSR count). The summed E-state index contributed by atoms with van der Waals surface area (Å²) in [6, 6.07) is 8.07. The van der Waals surface area contributed by atoms with Gasteiger partial charge in [0.15, 0.2) is 0 Å². The van der Waals surface area contributed by atoms with Gasteiger partial charge < -0.3 is 5.43 Å². The van der Waals surface area contributed by atoms with Gasteiger partial charge in [0.05, 0.1) is 0 Å². The van der Waals surface area contributed by atoms with Crippen LogP contribution in [-0.4, -0.2) is 18.6 Å². The summed E-state index contributed by atoms with van der Waals surface area (Å²) in [6.07, 6.45) is 2.04. The van der Waals surface area contributed by atoms with Crippen molar-refractivity contribution in [2.45, 2.75) is 11.8 Å². The van der Waals surface area contributed by atoms with Crippen molar-refractivity contribution < 1.29 is 0 Å². The first-order valence-electron chi connectivity index (χ1n) is 4.48. The second-order valence-corrected chi connectivity index (χ2v) is 3.52. The normalized spacial score (nSPS) is 11.5. The maximum Gasteiger partial charge on any atom is 0.143 e. The summed E-state index contributed by atoms with van der Waals surface area (Å²) in [4.78, 5) is 5.47. The molecule has 0 radical (unpaired) electrons. The highest BCUT2D eigenvalue weighted by Gasteiger charge is 2.05. The molecular weight excluding hydrogens is 194 g/mol. The summed E-state index contributed by atoms with van der Waals surface area (Å²) >= 11 is 1.69.